The van der Waals surface area contributed by atoms with Crippen molar-refractivity contribution in [1.82, 2.24) is 19.3 Å². The van der Waals surface area contributed by atoms with E-state index in [0.29, 0.717) is 17.9 Å². The van der Waals surface area contributed by atoms with Crippen LogP contribution in [0.2, 0.25) is 0 Å². The summed E-state index contributed by atoms with van der Waals surface area (Å²) >= 11 is 0. The van der Waals surface area contributed by atoms with Crippen LogP contribution >= 0.6 is 0 Å². The summed E-state index contributed by atoms with van der Waals surface area (Å²) in [4.78, 5) is 23.1. The van der Waals surface area contributed by atoms with Crippen molar-refractivity contribution < 1.29 is 9.53 Å². The van der Waals surface area contributed by atoms with Crippen LogP contribution in [0.3, 0.4) is 0 Å². The van der Waals surface area contributed by atoms with E-state index in [1.54, 1.807) is 37.6 Å². The summed E-state index contributed by atoms with van der Waals surface area (Å²) in [5, 5.41) is 0. The van der Waals surface area contributed by atoms with Crippen LogP contribution in [0, 0.1) is 0 Å². The monoisotopic (exact) mass is 324 g/mol. The highest BCUT2D eigenvalue weighted by Gasteiger charge is 2.17. The van der Waals surface area contributed by atoms with E-state index in [1.807, 2.05) is 35.6 Å². The molecule has 124 valence electrons. The van der Waals surface area contributed by atoms with Gasteiger partial charge in [0.25, 0.3) is 5.91 Å². The van der Waals surface area contributed by atoms with Crippen LogP contribution in [-0.4, -0.2) is 45.9 Å². The van der Waals surface area contributed by atoms with Crippen molar-refractivity contribution >= 4 is 11.6 Å². The van der Waals surface area contributed by atoms with Crippen molar-refractivity contribution in [1.29, 1.82) is 0 Å². The quantitative estimate of drug-likeness (QED) is 0.724. The maximum absolute atomic E-state index is 12.4. The number of imidazole rings is 1. The minimum Gasteiger partial charge on any atom is -0.497 e. The number of hydrogen-bond acceptors (Lipinski definition) is 4. The third-order valence-electron chi connectivity index (χ3n) is 3.86. The Morgan fingerprint density at radius 1 is 1.29 bits per heavy atom. The molecule has 1 aromatic carbocycles. The molecule has 0 aliphatic heterocycles. The normalized spacial score (nSPS) is 10.8. The Morgan fingerprint density at radius 2 is 2.04 bits per heavy atom. The van der Waals surface area contributed by atoms with Gasteiger partial charge in [-0.05, 0) is 30.7 Å². The molecule has 0 fully saturated rings. The van der Waals surface area contributed by atoms with E-state index >= 15 is 0 Å². The molecule has 0 radical (unpaired) electrons. The van der Waals surface area contributed by atoms with Crippen LogP contribution in [-0.2, 0) is 0 Å². The number of carbonyl (C=O) groups is 1. The van der Waals surface area contributed by atoms with Gasteiger partial charge in [-0.3, -0.25) is 9.78 Å². The number of amides is 1. The minimum absolute atomic E-state index is 0.0822. The summed E-state index contributed by atoms with van der Waals surface area (Å²) in [7, 11) is 3.42. The van der Waals surface area contributed by atoms with Gasteiger partial charge in [-0.1, -0.05) is 6.92 Å². The van der Waals surface area contributed by atoms with Crippen LogP contribution < -0.4 is 4.74 Å². The summed E-state index contributed by atoms with van der Waals surface area (Å²) in [5.74, 6) is 0.701. The first-order chi connectivity index (χ1) is 11.6. The van der Waals surface area contributed by atoms with Gasteiger partial charge in [-0.25, -0.2) is 4.98 Å². The number of carbonyl (C=O) groups excluding carboxylic acids is 1. The molecular formula is C18H20N4O2. The summed E-state index contributed by atoms with van der Waals surface area (Å²) in [6.45, 7) is 2.75. The molecule has 2 aromatic heterocycles. The van der Waals surface area contributed by atoms with E-state index in [9.17, 15) is 4.79 Å². The number of ether oxygens (including phenoxy) is 1. The zero-order valence-corrected chi connectivity index (χ0v) is 14.1. The lowest BCUT2D eigenvalue weighted by Gasteiger charge is -2.13. The van der Waals surface area contributed by atoms with Gasteiger partial charge in [0, 0.05) is 37.7 Å². The van der Waals surface area contributed by atoms with E-state index in [4.69, 9.17) is 4.74 Å². The molecule has 6 nitrogen and oxygen atoms in total. The predicted molar refractivity (Wildman–Crippen MR) is 92.2 cm³/mol. The topological polar surface area (TPSA) is 59.7 Å². The maximum atomic E-state index is 12.4. The minimum atomic E-state index is -0.0822. The Labute approximate surface area is 140 Å². The number of aromatic nitrogens is 3. The molecule has 0 bridgehead atoms. The second-order valence-electron chi connectivity index (χ2n) is 5.59. The number of rotatable bonds is 5. The van der Waals surface area contributed by atoms with Crippen LogP contribution in [0.4, 0.5) is 0 Å². The number of hydrogen-bond donors (Lipinski definition) is 0. The summed E-state index contributed by atoms with van der Waals surface area (Å²) < 4.78 is 7.02. The van der Waals surface area contributed by atoms with Crippen molar-refractivity contribution in [2.45, 2.75) is 13.3 Å². The van der Waals surface area contributed by atoms with Gasteiger partial charge in [0.05, 0.1) is 7.11 Å². The molecule has 0 spiro atoms. The van der Waals surface area contributed by atoms with Crippen molar-refractivity contribution in [3.63, 3.8) is 0 Å². The predicted octanol–water partition coefficient (Wildman–Crippen LogP) is 2.89. The van der Waals surface area contributed by atoms with Gasteiger partial charge < -0.3 is 14.0 Å². The fraction of sp³-hybridized carbons (Fsp3) is 0.278. The Bertz CT molecular complexity index is 855. The zero-order chi connectivity index (χ0) is 17.1. The molecule has 0 saturated heterocycles. The van der Waals surface area contributed by atoms with Crippen LogP contribution in [0.15, 0.2) is 42.9 Å². The highest BCUT2D eigenvalue weighted by Crippen LogP contribution is 2.24. The Hall–Kier alpha value is -2.89. The second kappa shape index (κ2) is 6.70. The summed E-state index contributed by atoms with van der Waals surface area (Å²) in [5.41, 5.74) is 2.75. The second-order valence-corrected chi connectivity index (χ2v) is 5.59. The summed E-state index contributed by atoms with van der Waals surface area (Å²) in [6.07, 6.45) is 6.16. The number of benzene rings is 1. The average molecular weight is 324 g/mol. The third-order valence-corrected chi connectivity index (χ3v) is 3.86. The van der Waals surface area contributed by atoms with Gasteiger partial charge in [-0.2, -0.15) is 0 Å². The molecule has 2 heterocycles. The van der Waals surface area contributed by atoms with Gasteiger partial charge in [0.1, 0.15) is 17.1 Å². The fourth-order valence-corrected chi connectivity index (χ4v) is 2.61. The molecule has 0 N–H and O–H groups in total. The Morgan fingerprint density at radius 3 is 2.71 bits per heavy atom. The molecule has 0 aliphatic rings. The molecular weight excluding hydrogens is 304 g/mol. The first kappa shape index (κ1) is 16.0. The van der Waals surface area contributed by atoms with E-state index in [2.05, 4.69) is 9.97 Å². The van der Waals surface area contributed by atoms with Crippen molar-refractivity contribution in [2.24, 2.45) is 0 Å². The van der Waals surface area contributed by atoms with Gasteiger partial charge in [0.2, 0.25) is 0 Å². The van der Waals surface area contributed by atoms with Crippen LogP contribution in [0.5, 0.6) is 5.75 Å². The number of fused-ring (bicyclic) bond motifs is 1. The van der Waals surface area contributed by atoms with Crippen molar-refractivity contribution in [2.75, 3.05) is 20.7 Å². The van der Waals surface area contributed by atoms with Crippen LogP contribution in [0.25, 0.3) is 16.9 Å². The van der Waals surface area contributed by atoms with Crippen LogP contribution in [0.1, 0.15) is 23.8 Å². The zero-order valence-electron chi connectivity index (χ0n) is 14.1. The lowest BCUT2D eigenvalue weighted by Crippen LogP contribution is -2.27. The third kappa shape index (κ3) is 2.95. The Balaban J connectivity index is 2.02. The van der Waals surface area contributed by atoms with Gasteiger partial charge in [0.15, 0.2) is 5.65 Å². The molecule has 3 aromatic rings. The first-order valence-electron chi connectivity index (χ1n) is 7.87. The van der Waals surface area contributed by atoms with E-state index in [1.165, 1.54) is 0 Å². The number of nitrogens with zero attached hydrogens (tertiary/aromatic N) is 4. The molecule has 6 heteroatoms. The maximum Gasteiger partial charge on any atom is 0.273 e. The average Bonchev–Trinajstić information content (AvgIpc) is 3.05. The largest absolute Gasteiger partial charge is 0.497 e. The van der Waals surface area contributed by atoms with Crippen molar-refractivity contribution in [3.8, 4) is 17.0 Å². The van der Waals surface area contributed by atoms with E-state index < -0.39 is 0 Å². The molecule has 0 unspecified atom stereocenters. The Kier molecular flexibility index (Phi) is 4.46. The van der Waals surface area contributed by atoms with Gasteiger partial charge in [-0.15, -0.1) is 0 Å². The molecule has 1 amide bonds. The summed E-state index contributed by atoms with van der Waals surface area (Å²) in [6, 6.07) is 7.62. The molecule has 0 saturated carbocycles. The highest BCUT2D eigenvalue weighted by molar-refractivity contribution is 5.93. The lowest BCUT2D eigenvalue weighted by atomic mass is 10.1. The number of methoxy groups -OCH3 is 1. The molecule has 0 atom stereocenters. The highest BCUT2D eigenvalue weighted by atomic mass is 16.5. The standard InChI is InChI=1S/C18H20N4O2/c1-4-10-21(2)18(23)15-12-22-11-9-19-16(17(22)20-15)13-5-7-14(24-3)8-6-13/h5-9,11-12H,4,10H2,1-3H3. The van der Waals surface area contributed by atoms with Gasteiger partial charge >= 0.3 is 0 Å². The first-order valence-corrected chi connectivity index (χ1v) is 7.87. The van der Waals surface area contributed by atoms with Crippen molar-refractivity contribution in [3.05, 3.63) is 48.5 Å². The lowest BCUT2D eigenvalue weighted by molar-refractivity contribution is 0.0790. The van der Waals surface area contributed by atoms with E-state index in [-0.39, 0.29) is 5.91 Å². The molecule has 24 heavy (non-hydrogen) atoms. The fourth-order valence-electron chi connectivity index (χ4n) is 2.61. The molecule has 0 aliphatic carbocycles. The van der Waals surface area contributed by atoms with E-state index in [0.717, 1.165) is 23.4 Å². The SMILES string of the molecule is CCCN(C)C(=O)c1cn2ccnc(-c3ccc(OC)cc3)c2n1. The molecule has 3 rings (SSSR count). The smallest absolute Gasteiger partial charge is 0.273 e.